The summed E-state index contributed by atoms with van der Waals surface area (Å²) in [5.74, 6) is -2.26. The number of carbonyl (C=O) groups excluding carboxylic acids is 2. The van der Waals surface area contributed by atoms with E-state index in [1.54, 1.807) is 33.9 Å². The standard InChI is InChI=1S/C22H25N3O4/c1-5-28-21(26)17-13(3)24-14(4)18(22(27)29-6-2)19(17)16-12-23-25-20(16)15-10-8-7-9-11-15/h7-12,17,19H,5-6H2,1-4H3,(H,23,25). The Morgan fingerprint density at radius 2 is 1.76 bits per heavy atom. The third-order valence-corrected chi connectivity index (χ3v) is 4.93. The zero-order valence-corrected chi connectivity index (χ0v) is 17.1. The van der Waals surface area contributed by atoms with Crippen LogP contribution in [0.25, 0.3) is 11.3 Å². The molecule has 0 saturated heterocycles. The second-order valence-corrected chi connectivity index (χ2v) is 6.75. The van der Waals surface area contributed by atoms with Crippen LogP contribution in [0.3, 0.4) is 0 Å². The number of carbonyl (C=O) groups is 2. The summed E-state index contributed by atoms with van der Waals surface area (Å²) in [6, 6.07) is 9.65. The van der Waals surface area contributed by atoms with E-state index in [0.717, 1.165) is 16.8 Å². The Bertz CT molecular complexity index is 959. The molecule has 152 valence electrons. The lowest BCUT2D eigenvalue weighted by Gasteiger charge is -2.31. The fraction of sp³-hybridized carbons (Fsp3) is 0.364. The smallest absolute Gasteiger partial charge is 0.336 e. The molecule has 0 fully saturated rings. The van der Waals surface area contributed by atoms with E-state index in [1.807, 2.05) is 30.3 Å². The summed E-state index contributed by atoms with van der Waals surface area (Å²) < 4.78 is 10.6. The lowest BCUT2D eigenvalue weighted by Crippen LogP contribution is -2.36. The number of nitrogens with zero attached hydrogens (tertiary/aromatic N) is 2. The number of hydrogen-bond acceptors (Lipinski definition) is 6. The molecule has 2 aromatic rings. The zero-order chi connectivity index (χ0) is 21.0. The van der Waals surface area contributed by atoms with Gasteiger partial charge in [0, 0.05) is 22.9 Å². The molecule has 7 nitrogen and oxygen atoms in total. The largest absolute Gasteiger partial charge is 0.465 e. The van der Waals surface area contributed by atoms with Gasteiger partial charge in [-0.2, -0.15) is 5.10 Å². The molecule has 2 atom stereocenters. The van der Waals surface area contributed by atoms with Gasteiger partial charge in [0.25, 0.3) is 0 Å². The van der Waals surface area contributed by atoms with E-state index in [4.69, 9.17) is 9.47 Å². The molecule has 29 heavy (non-hydrogen) atoms. The number of aromatic amines is 1. The van der Waals surface area contributed by atoms with Crippen LogP contribution in [0.5, 0.6) is 0 Å². The van der Waals surface area contributed by atoms with E-state index < -0.39 is 23.8 Å². The molecule has 7 heteroatoms. The normalized spacial score (nSPS) is 19.0. The fourth-order valence-electron chi connectivity index (χ4n) is 3.75. The SMILES string of the molecule is CCOC(=O)C1=C(C)N=C(C)C(C(=O)OCC)C1c1cn[nH]c1-c1ccccc1. The van der Waals surface area contributed by atoms with E-state index in [9.17, 15) is 9.59 Å². The Morgan fingerprint density at radius 3 is 2.41 bits per heavy atom. The van der Waals surface area contributed by atoms with Crippen molar-refractivity contribution in [2.45, 2.75) is 33.6 Å². The molecule has 0 bridgehead atoms. The first kappa shape index (κ1) is 20.5. The molecule has 2 unspecified atom stereocenters. The topological polar surface area (TPSA) is 93.6 Å². The van der Waals surface area contributed by atoms with Gasteiger partial charge in [-0.25, -0.2) is 4.79 Å². The number of esters is 2. The van der Waals surface area contributed by atoms with Crippen LogP contribution in [0.4, 0.5) is 0 Å². The van der Waals surface area contributed by atoms with Crippen molar-refractivity contribution in [3.05, 3.63) is 53.4 Å². The van der Waals surface area contributed by atoms with Crippen molar-refractivity contribution in [1.29, 1.82) is 0 Å². The number of hydrogen-bond donors (Lipinski definition) is 1. The molecule has 2 heterocycles. The van der Waals surface area contributed by atoms with E-state index in [1.165, 1.54) is 0 Å². The molecule has 0 amide bonds. The van der Waals surface area contributed by atoms with Crippen LogP contribution in [0, 0.1) is 5.92 Å². The Morgan fingerprint density at radius 1 is 1.07 bits per heavy atom. The lowest BCUT2D eigenvalue weighted by atomic mass is 9.75. The van der Waals surface area contributed by atoms with Gasteiger partial charge in [0.1, 0.15) is 5.92 Å². The van der Waals surface area contributed by atoms with Crippen LogP contribution in [0.15, 0.2) is 52.8 Å². The summed E-state index contributed by atoms with van der Waals surface area (Å²) >= 11 is 0. The number of benzene rings is 1. The quantitative estimate of drug-likeness (QED) is 0.754. The van der Waals surface area contributed by atoms with Gasteiger partial charge in [0.2, 0.25) is 0 Å². The van der Waals surface area contributed by atoms with Crippen molar-refractivity contribution in [3.63, 3.8) is 0 Å². The van der Waals surface area contributed by atoms with Gasteiger partial charge in [0.05, 0.1) is 30.7 Å². The van der Waals surface area contributed by atoms with E-state index >= 15 is 0 Å². The molecular weight excluding hydrogens is 370 g/mol. The van der Waals surface area contributed by atoms with Crippen LogP contribution < -0.4 is 0 Å². The van der Waals surface area contributed by atoms with Gasteiger partial charge >= 0.3 is 11.9 Å². The van der Waals surface area contributed by atoms with Crippen molar-refractivity contribution >= 4 is 17.7 Å². The third kappa shape index (κ3) is 3.99. The van der Waals surface area contributed by atoms with Crippen LogP contribution >= 0.6 is 0 Å². The van der Waals surface area contributed by atoms with Crippen molar-refractivity contribution in [2.24, 2.45) is 10.9 Å². The van der Waals surface area contributed by atoms with Gasteiger partial charge in [-0.3, -0.25) is 14.9 Å². The molecule has 0 saturated carbocycles. The average Bonchev–Trinajstić information content (AvgIpc) is 3.17. The Labute approximate surface area is 169 Å². The van der Waals surface area contributed by atoms with Crippen molar-refractivity contribution in [2.75, 3.05) is 13.2 Å². The average molecular weight is 395 g/mol. The summed E-state index contributed by atoms with van der Waals surface area (Å²) in [6.45, 7) is 7.50. The molecule has 1 aliphatic rings. The van der Waals surface area contributed by atoms with E-state index in [0.29, 0.717) is 17.0 Å². The summed E-state index contributed by atoms with van der Waals surface area (Å²) in [6.07, 6.45) is 1.66. The predicted molar refractivity (Wildman–Crippen MR) is 109 cm³/mol. The van der Waals surface area contributed by atoms with Crippen molar-refractivity contribution < 1.29 is 19.1 Å². The molecule has 3 rings (SSSR count). The first-order chi connectivity index (χ1) is 14.0. The number of ether oxygens (including phenoxy) is 2. The molecule has 1 N–H and O–H groups in total. The highest BCUT2D eigenvalue weighted by atomic mass is 16.5. The Balaban J connectivity index is 2.20. The molecule has 1 aromatic carbocycles. The molecule has 1 aromatic heterocycles. The highest BCUT2D eigenvalue weighted by Crippen LogP contribution is 2.43. The maximum Gasteiger partial charge on any atom is 0.336 e. The fourth-order valence-corrected chi connectivity index (χ4v) is 3.75. The monoisotopic (exact) mass is 395 g/mol. The van der Waals surface area contributed by atoms with Crippen LogP contribution in [0.2, 0.25) is 0 Å². The Kier molecular flexibility index (Phi) is 6.26. The maximum atomic E-state index is 12.9. The number of aromatic nitrogens is 2. The van der Waals surface area contributed by atoms with Crippen LogP contribution in [-0.2, 0) is 19.1 Å². The highest BCUT2D eigenvalue weighted by Gasteiger charge is 2.43. The number of allylic oxidation sites excluding steroid dienone is 1. The first-order valence-corrected chi connectivity index (χ1v) is 9.67. The predicted octanol–water partition coefficient (Wildman–Crippen LogP) is 3.65. The number of rotatable bonds is 6. The van der Waals surface area contributed by atoms with Gasteiger partial charge in [-0.05, 0) is 33.3 Å². The summed E-state index contributed by atoms with van der Waals surface area (Å²) in [7, 11) is 0. The second-order valence-electron chi connectivity index (χ2n) is 6.75. The van der Waals surface area contributed by atoms with Gasteiger partial charge in [-0.1, -0.05) is 30.3 Å². The Hall–Kier alpha value is -3.22. The lowest BCUT2D eigenvalue weighted by molar-refractivity contribution is -0.146. The van der Waals surface area contributed by atoms with Gasteiger partial charge in [-0.15, -0.1) is 0 Å². The number of H-pyrrole nitrogens is 1. The minimum atomic E-state index is -0.738. The van der Waals surface area contributed by atoms with Crippen LogP contribution in [0.1, 0.15) is 39.2 Å². The summed E-state index contributed by atoms with van der Waals surface area (Å²) in [5, 5.41) is 7.23. The molecule has 0 aliphatic carbocycles. The first-order valence-electron chi connectivity index (χ1n) is 9.67. The van der Waals surface area contributed by atoms with E-state index in [-0.39, 0.29) is 13.2 Å². The van der Waals surface area contributed by atoms with Crippen molar-refractivity contribution in [3.8, 4) is 11.3 Å². The molecular formula is C22H25N3O4. The highest BCUT2D eigenvalue weighted by molar-refractivity contribution is 6.07. The third-order valence-electron chi connectivity index (χ3n) is 4.93. The van der Waals surface area contributed by atoms with Gasteiger partial charge < -0.3 is 9.47 Å². The van der Waals surface area contributed by atoms with Crippen molar-refractivity contribution in [1.82, 2.24) is 10.2 Å². The molecule has 1 aliphatic heterocycles. The number of nitrogens with one attached hydrogen (secondary N) is 1. The van der Waals surface area contributed by atoms with Crippen LogP contribution in [-0.4, -0.2) is 41.1 Å². The summed E-state index contributed by atoms with van der Waals surface area (Å²) in [5.41, 5.74) is 3.86. The summed E-state index contributed by atoms with van der Waals surface area (Å²) in [4.78, 5) is 30.2. The number of aliphatic imine (C=N–C) groups is 1. The zero-order valence-electron chi connectivity index (χ0n) is 17.1. The molecule has 0 spiro atoms. The molecule has 0 radical (unpaired) electrons. The second kappa shape index (κ2) is 8.86. The minimum absolute atomic E-state index is 0.228. The van der Waals surface area contributed by atoms with E-state index in [2.05, 4.69) is 15.2 Å². The minimum Gasteiger partial charge on any atom is -0.465 e. The van der Waals surface area contributed by atoms with Gasteiger partial charge in [0.15, 0.2) is 0 Å². The maximum absolute atomic E-state index is 12.9.